The van der Waals surface area contributed by atoms with Crippen molar-refractivity contribution >= 4 is 18.0 Å². The van der Waals surface area contributed by atoms with Crippen LogP contribution >= 0.6 is 0 Å². The minimum absolute atomic E-state index is 0.182. The Labute approximate surface area is 156 Å². The lowest BCUT2D eigenvalue weighted by atomic mass is 9.82. The third-order valence-electron chi connectivity index (χ3n) is 4.39. The van der Waals surface area contributed by atoms with Gasteiger partial charge in [0.2, 0.25) is 0 Å². The van der Waals surface area contributed by atoms with Crippen LogP contribution in [-0.4, -0.2) is 54.3 Å². The van der Waals surface area contributed by atoms with Gasteiger partial charge in [-0.25, -0.2) is 4.79 Å². The second-order valence-corrected chi connectivity index (χ2v) is 7.58. The highest BCUT2D eigenvalue weighted by atomic mass is 16.6. The molecule has 0 radical (unpaired) electrons. The molecule has 2 atom stereocenters. The van der Waals surface area contributed by atoms with Crippen LogP contribution in [0.15, 0.2) is 0 Å². The van der Waals surface area contributed by atoms with Gasteiger partial charge in [0.05, 0.1) is 13.2 Å². The molecule has 0 aliphatic carbocycles. The maximum Gasteiger partial charge on any atom is 0.410 e. The van der Waals surface area contributed by atoms with Gasteiger partial charge in [0, 0.05) is 18.5 Å². The summed E-state index contributed by atoms with van der Waals surface area (Å²) in [7, 11) is 0. The Morgan fingerprint density at radius 3 is 2.04 bits per heavy atom. The number of carbonyl (C=O) groups excluding carboxylic acids is 3. The van der Waals surface area contributed by atoms with E-state index in [1.54, 1.807) is 25.7 Å². The Bertz CT molecular complexity index is 481. The zero-order chi connectivity index (χ0) is 19.9. The molecule has 0 spiro atoms. The van der Waals surface area contributed by atoms with Gasteiger partial charge in [0.15, 0.2) is 5.92 Å². The first kappa shape index (κ1) is 22.3. The highest BCUT2D eigenvalue weighted by molar-refractivity contribution is 5.95. The summed E-state index contributed by atoms with van der Waals surface area (Å²) in [6.45, 7) is 11.5. The van der Waals surface area contributed by atoms with Crippen LogP contribution in [0.25, 0.3) is 0 Å². The molecular weight excluding hydrogens is 338 g/mol. The smallest absolute Gasteiger partial charge is 0.410 e. The summed E-state index contributed by atoms with van der Waals surface area (Å²) in [5.74, 6) is -2.69. The van der Waals surface area contributed by atoms with Gasteiger partial charge < -0.3 is 19.1 Å². The summed E-state index contributed by atoms with van der Waals surface area (Å²) in [6.07, 6.45) is 2.08. The summed E-state index contributed by atoms with van der Waals surface area (Å²) < 4.78 is 15.7. The minimum Gasteiger partial charge on any atom is -0.465 e. The minimum atomic E-state index is -1.05. The summed E-state index contributed by atoms with van der Waals surface area (Å²) in [4.78, 5) is 39.0. The average molecular weight is 371 g/mol. The van der Waals surface area contributed by atoms with E-state index in [0.717, 1.165) is 12.8 Å². The van der Waals surface area contributed by atoms with E-state index in [1.807, 2.05) is 20.8 Å². The SMILES string of the molecule is CCOC(=O)C(C(=O)OCC)[C@H](C)[C@@H]1CCCCN1C(=O)OC(C)(C)C. The van der Waals surface area contributed by atoms with Gasteiger partial charge in [0.25, 0.3) is 0 Å². The third kappa shape index (κ3) is 6.18. The first-order chi connectivity index (χ1) is 12.1. The van der Waals surface area contributed by atoms with Crippen molar-refractivity contribution in [3.8, 4) is 0 Å². The lowest BCUT2D eigenvalue weighted by Crippen LogP contribution is -2.52. The first-order valence-corrected chi connectivity index (χ1v) is 9.45. The highest BCUT2D eigenvalue weighted by Gasteiger charge is 2.43. The maximum absolute atomic E-state index is 12.6. The molecule has 0 aromatic carbocycles. The van der Waals surface area contributed by atoms with Crippen molar-refractivity contribution in [2.24, 2.45) is 11.8 Å². The van der Waals surface area contributed by atoms with E-state index in [9.17, 15) is 14.4 Å². The molecule has 150 valence electrons. The standard InChI is InChI=1S/C19H33NO6/c1-7-24-16(21)15(17(22)25-8-2)13(3)14-11-9-10-12-20(14)18(23)26-19(4,5)6/h13-15H,7-12H2,1-6H3/t13-,14+/m1/s1. The Kier molecular flexibility index (Phi) is 8.37. The Balaban J connectivity index is 3.04. The normalized spacial score (nSPS) is 19.0. The number of likely N-dealkylation sites (tertiary alicyclic amines) is 1. The van der Waals surface area contributed by atoms with E-state index in [4.69, 9.17) is 14.2 Å². The molecule has 0 aromatic heterocycles. The van der Waals surface area contributed by atoms with Crippen molar-refractivity contribution in [1.29, 1.82) is 0 Å². The van der Waals surface area contributed by atoms with Crippen molar-refractivity contribution in [1.82, 2.24) is 4.90 Å². The molecule has 1 amide bonds. The fourth-order valence-corrected chi connectivity index (χ4v) is 3.26. The van der Waals surface area contributed by atoms with Gasteiger partial charge >= 0.3 is 18.0 Å². The summed E-state index contributed by atoms with van der Waals surface area (Å²) in [5, 5.41) is 0. The second kappa shape index (κ2) is 9.78. The molecule has 26 heavy (non-hydrogen) atoms. The van der Waals surface area contributed by atoms with E-state index in [0.29, 0.717) is 13.0 Å². The fraction of sp³-hybridized carbons (Fsp3) is 0.842. The molecule has 0 bridgehead atoms. The van der Waals surface area contributed by atoms with E-state index >= 15 is 0 Å². The molecule has 1 aliphatic rings. The quantitative estimate of drug-likeness (QED) is 0.405. The zero-order valence-electron chi connectivity index (χ0n) is 16.9. The molecule has 0 saturated carbocycles. The third-order valence-corrected chi connectivity index (χ3v) is 4.39. The predicted molar refractivity (Wildman–Crippen MR) is 96.5 cm³/mol. The molecule has 0 unspecified atom stereocenters. The number of hydrogen-bond acceptors (Lipinski definition) is 6. The molecule has 7 nitrogen and oxygen atoms in total. The summed E-state index contributed by atoms with van der Waals surface area (Å²) in [5.41, 5.74) is -0.607. The molecule has 7 heteroatoms. The van der Waals surface area contributed by atoms with Crippen LogP contribution in [-0.2, 0) is 23.8 Å². The van der Waals surface area contributed by atoms with Gasteiger partial charge in [-0.2, -0.15) is 0 Å². The number of esters is 2. The van der Waals surface area contributed by atoms with E-state index in [-0.39, 0.29) is 19.3 Å². The van der Waals surface area contributed by atoms with Crippen LogP contribution < -0.4 is 0 Å². The van der Waals surface area contributed by atoms with Crippen molar-refractivity contribution in [3.05, 3.63) is 0 Å². The highest BCUT2D eigenvalue weighted by Crippen LogP contribution is 2.31. The number of ether oxygens (including phenoxy) is 3. The topological polar surface area (TPSA) is 82.1 Å². The molecular formula is C19H33NO6. The Morgan fingerprint density at radius 2 is 1.58 bits per heavy atom. The van der Waals surface area contributed by atoms with Crippen molar-refractivity contribution in [2.75, 3.05) is 19.8 Å². The van der Waals surface area contributed by atoms with Crippen LogP contribution in [0.3, 0.4) is 0 Å². The van der Waals surface area contributed by atoms with Crippen molar-refractivity contribution in [2.45, 2.75) is 72.4 Å². The van der Waals surface area contributed by atoms with Gasteiger partial charge in [-0.3, -0.25) is 9.59 Å². The van der Waals surface area contributed by atoms with Crippen molar-refractivity contribution < 1.29 is 28.6 Å². The monoisotopic (exact) mass is 371 g/mol. The van der Waals surface area contributed by atoms with Crippen LogP contribution in [0.5, 0.6) is 0 Å². The van der Waals surface area contributed by atoms with Crippen molar-refractivity contribution in [3.63, 3.8) is 0 Å². The van der Waals surface area contributed by atoms with Gasteiger partial charge in [-0.15, -0.1) is 0 Å². The number of piperidine rings is 1. The van der Waals surface area contributed by atoms with Crippen LogP contribution in [0.4, 0.5) is 4.79 Å². The average Bonchev–Trinajstić information content (AvgIpc) is 2.54. The molecule has 1 fully saturated rings. The molecule has 1 saturated heterocycles. The largest absolute Gasteiger partial charge is 0.465 e. The van der Waals surface area contributed by atoms with E-state index in [1.165, 1.54) is 0 Å². The molecule has 1 rings (SSSR count). The summed E-state index contributed by atoms with van der Waals surface area (Å²) in [6, 6.07) is -0.280. The number of rotatable bonds is 6. The van der Waals surface area contributed by atoms with E-state index in [2.05, 4.69) is 0 Å². The van der Waals surface area contributed by atoms with Gasteiger partial charge in [-0.05, 0) is 53.9 Å². The number of amides is 1. The number of nitrogens with zero attached hydrogens (tertiary/aromatic N) is 1. The van der Waals surface area contributed by atoms with Crippen LogP contribution in [0.1, 0.15) is 60.8 Å². The fourth-order valence-electron chi connectivity index (χ4n) is 3.26. The lowest BCUT2D eigenvalue weighted by Gasteiger charge is -2.41. The molecule has 0 N–H and O–H groups in total. The Morgan fingerprint density at radius 1 is 1.04 bits per heavy atom. The summed E-state index contributed by atoms with van der Waals surface area (Å²) >= 11 is 0. The second-order valence-electron chi connectivity index (χ2n) is 7.58. The zero-order valence-corrected chi connectivity index (χ0v) is 16.9. The first-order valence-electron chi connectivity index (χ1n) is 9.45. The number of carbonyl (C=O) groups is 3. The Hall–Kier alpha value is -1.79. The molecule has 1 heterocycles. The van der Waals surface area contributed by atoms with Crippen LogP contribution in [0.2, 0.25) is 0 Å². The molecule has 1 aliphatic heterocycles. The van der Waals surface area contributed by atoms with Gasteiger partial charge in [0.1, 0.15) is 5.60 Å². The van der Waals surface area contributed by atoms with Gasteiger partial charge in [-0.1, -0.05) is 6.92 Å². The number of hydrogen-bond donors (Lipinski definition) is 0. The predicted octanol–water partition coefficient (Wildman–Crippen LogP) is 3.15. The van der Waals surface area contributed by atoms with E-state index < -0.39 is 35.5 Å². The molecule has 0 aromatic rings. The maximum atomic E-state index is 12.6. The lowest BCUT2D eigenvalue weighted by molar-refractivity contribution is -0.165. The van der Waals surface area contributed by atoms with Crippen LogP contribution in [0, 0.1) is 11.8 Å².